The van der Waals surface area contributed by atoms with E-state index in [1.807, 2.05) is 11.9 Å². The number of nitrogens with zero attached hydrogens (tertiary/aromatic N) is 3. The largest absolute Gasteiger partial charge is 0.354 e. The van der Waals surface area contributed by atoms with Crippen molar-refractivity contribution >= 4 is 11.9 Å². The molecule has 2 saturated heterocycles. The molecule has 4 rings (SSSR count). The highest BCUT2D eigenvalue weighted by Gasteiger charge is 2.24. The van der Waals surface area contributed by atoms with Crippen molar-refractivity contribution in [3.63, 3.8) is 0 Å². The van der Waals surface area contributed by atoms with Gasteiger partial charge < -0.3 is 15.5 Å². The summed E-state index contributed by atoms with van der Waals surface area (Å²) in [5.41, 5.74) is 3.78. The van der Waals surface area contributed by atoms with Gasteiger partial charge in [-0.1, -0.05) is 54.6 Å². The van der Waals surface area contributed by atoms with Crippen LogP contribution in [0.25, 0.3) is 0 Å². The number of guanidine groups is 1. The minimum absolute atomic E-state index is 0.271. The van der Waals surface area contributed by atoms with Gasteiger partial charge in [0.05, 0.1) is 0 Å². The Labute approximate surface area is 198 Å². The normalized spacial score (nSPS) is 19.0. The van der Waals surface area contributed by atoms with Gasteiger partial charge in [0.1, 0.15) is 0 Å². The molecule has 2 aliphatic rings. The van der Waals surface area contributed by atoms with E-state index in [9.17, 15) is 4.79 Å². The highest BCUT2D eigenvalue weighted by molar-refractivity contribution is 5.80. The van der Waals surface area contributed by atoms with Crippen molar-refractivity contribution in [2.24, 2.45) is 4.99 Å². The molecule has 0 saturated carbocycles. The van der Waals surface area contributed by atoms with Gasteiger partial charge in [0.15, 0.2) is 5.96 Å². The predicted octanol–water partition coefficient (Wildman–Crippen LogP) is 3.70. The average Bonchev–Trinajstić information content (AvgIpc) is 3.26. The van der Waals surface area contributed by atoms with E-state index in [0.29, 0.717) is 31.6 Å². The predicted molar refractivity (Wildman–Crippen MR) is 134 cm³/mol. The molecule has 2 aromatic rings. The molecule has 33 heavy (non-hydrogen) atoms. The lowest BCUT2D eigenvalue weighted by atomic mass is 10.0. The Morgan fingerprint density at radius 3 is 2.52 bits per heavy atom. The molecular formula is C27H37N5O. The van der Waals surface area contributed by atoms with Crippen molar-refractivity contribution in [3.8, 4) is 0 Å². The van der Waals surface area contributed by atoms with Crippen LogP contribution in [-0.2, 0) is 17.9 Å². The second kappa shape index (κ2) is 11.3. The van der Waals surface area contributed by atoms with Crippen molar-refractivity contribution in [1.82, 2.24) is 20.4 Å². The van der Waals surface area contributed by atoms with Crippen LogP contribution in [0, 0.1) is 0 Å². The first-order valence-corrected chi connectivity index (χ1v) is 12.2. The second-order valence-corrected chi connectivity index (χ2v) is 9.21. The van der Waals surface area contributed by atoms with Crippen molar-refractivity contribution in [3.05, 3.63) is 71.3 Å². The highest BCUT2D eigenvalue weighted by atomic mass is 16.2. The molecule has 0 bridgehead atoms. The molecule has 2 N–H and O–H groups in total. The molecule has 6 nitrogen and oxygen atoms in total. The fourth-order valence-corrected chi connectivity index (χ4v) is 4.88. The van der Waals surface area contributed by atoms with Gasteiger partial charge in [-0.25, -0.2) is 0 Å². The summed E-state index contributed by atoms with van der Waals surface area (Å²) in [5, 5.41) is 7.08. The van der Waals surface area contributed by atoms with E-state index in [1.165, 1.54) is 16.7 Å². The van der Waals surface area contributed by atoms with Crippen LogP contribution in [0.4, 0.5) is 0 Å². The Morgan fingerprint density at radius 1 is 1.06 bits per heavy atom. The number of amides is 1. The maximum absolute atomic E-state index is 11.9. The summed E-state index contributed by atoms with van der Waals surface area (Å²) in [6.45, 7) is 6.77. The number of hydrogen-bond acceptors (Lipinski definition) is 3. The van der Waals surface area contributed by atoms with E-state index in [-0.39, 0.29) is 5.91 Å². The zero-order valence-electron chi connectivity index (χ0n) is 20.0. The van der Waals surface area contributed by atoms with Crippen molar-refractivity contribution in [2.75, 3.05) is 26.7 Å². The number of likely N-dealkylation sites (tertiary alicyclic amines) is 2. The Balaban J connectivity index is 1.23. The molecule has 2 fully saturated rings. The van der Waals surface area contributed by atoms with Gasteiger partial charge in [-0.15, -0.1) is 0 Å². The molecular weight excluding hydrogens is 410 g/mol. The van der Waals surface area contributed by atoms with Gasteiger partial charge in [0, 0.05) is 58.3 Å². The number of piperidine rings is 1. The zero-order chi connectivity index (χ0) is 23.0. The summed E-state index contributed by atoms with van der Waals surface area (Å²) in [7, 11) is 1.83. The number of hydrogen-bond donors (Lipinski definition) is 2. The quantitative estimate of drug-likeness (QED) is 0.502. The summed E-state index contributed by atoms with van der Waals surface area (Å²) in [6, 6.07) is 20.1. The SMILES string of the molecule is CN=C(NCc1cccc(CN2CCCC2=O)c1)NC1CCN(C(C)c2ccccc2)CC1. The number of carbonyl (C=O) groups is 1. The number of carbonyl (C=O) groups excluding carboxylic acids is 1. The summed E-state index contributed by atoms with van der Waals surface area (Å²) < 4.78 is 0. The second-order valence-electron chi connectivity index (χ2n) is 9.21. The molecule has 1 amide bonds. The maximum Gasteiger partial charge on any atom is 0.222 e. The van der Waals surface area contributed by atoms with Crippen molar-refractivity contribution in [1.29, 1.82) is 0 Å². The molecule has 2 heterocycles. The van der Waals surface area contributed by atoms with Crippen LogP contribution in [0.15, 0.2) is 59.6 Å². The zero-order valence-corrected chi connectivity index (χ0v) is 20.0. The lowest BCUT2D eigenvalue weighted by Crippen LogP contribution is -2.48. The van der Waals surface area contributed by atoms with Crippen molar-refractivity contribution in [2.45, 2.75) is 57.8 Å². The van der Waals surface area contributed by atoms with Gasteiger partial charge in [-0.3, -0.25) is 14.7 Å². The maximum atomic E-state index is 11.9. The number of aliphatic imine (C=N–C) groups is 1. The van der Waals surface area contributed by atoms with Crippen LogP contribution in [0.3, 0.4) is 0 Å². The molecule has 1 atom stereocenters. The number of benzene rings is 2. The molecule has 0 radical (unpaired) electrons. The standard InChI is InChI=1S/C27H37N5O/c1-21(24-10-4-3-5-11-24)31-16-13-25(14-17-31)30-27(28-2)29-19-22-8-6-9-23(18-22)20-32-15-7-12-26(32)33/h3-6,8-11,18,21,25H,7,12-17,19-20H2,1-2H3,(H2,28,29,30). The number of nitrogens with one attached hydrogen (secondary N) is 2. The third-order valence-electron chi connectivity index (χ3n) is 6.92. The monoisotopic (exact) mass is 447 g/mol. The lowest BCUT2D eigenvalue weighted by Gasteiger charge is -2.37. The Kier molecular flexibility index (Phi) is 8.00. The van der Waals surface area contributed by atoms with Gasteiger partial charge >= 0.3 is 0 Å². The highest BCUT2D eigenvalue weighted by Crippen LogP contribution is 2.24. The van der Waals surface area contributed by atoms with Crippen LogP contribution in [0.2, 0.25) is 0 Å². The molecule has 2 aliphatic heterocycles. The Bertz CT molecular complexity index is 937. The van der Waals surface area contributed by atoms with E-state index in [0.717, 1.165) is 44.9 Å². The van der Waals surface area contributed by atoms with Crippen molar-refractivity contribution < 1.29 is 4.79 Å². The molecule has 6 heteroatoms. The minimum Gasteiger partial charge on any atom is -0.354 e. The summed E-state index contributed by atoms with van der Waals surface area (Å²) in [4.78, 5) is 20.9. The van der Waals surface area contributed by atoms with Crippen LogP contribution >= 0.6 is 0 Å². The van der Waals surface area contributed by atoms with Gasteiger partial charge in [-0.05, 0) is 42.9 Å². The Morgan fingerprint density at radius 2 is 1.82 bits per heavy atom. The summed E-state index contributed by atoms with van der Waals surface area (Å²) in [6.07, 6.45) is 3.88. The summed E-state index contributed by atoms with van der Waals surface area (Å²) >= 11 is 0. The summed E-state index contributed by atoms with van der Waals surface area (Å²) in [5.74, 6) is 1.12. The van der Waals surface area contributed by atoms with Gasteiger partial charge in [0.25, 0.3) is 0 Å². The first-order chi connectivity index (χ1) is 16.1. The number of rotatable bonds is 7. The third-order valence-corrected chi connectivity index (χ3v) is 6.92. The molecule has 0 aliphatic carbocycles. The molecule has 0 aromatic heterocycles. The van der Waals surface area contributed by atoms with E-state index in [4.69, 9.17) is 0 Å². The van der Waals surface area contributed by atoms with E-state index in [2.05, 4.69) is 82.0 Å². The smallest absolute Gasteiger partial charge is 0.222 e. The van der Waals surface area contributed by atoms with E-state index >= 15 is 0 Å². The van der Waals surface area contributed by atoms with Crippen LogP contribution in [0.1, 0.15) is 55.3 Å². The Hall–Kier alpha value is -2.86. The molecule has 0 spiro atoms. The van der Waals surface area contributed by atoms with Gasteiger partial charge in [0.2, 0.25) is 5.91 Å². The lowest BCUT2D eigenvalue weighted by molar-refractivity contribution is -0.128. The molecule has 176 valence electrons. The molecule has 1 unspecified atom stereocenters. The van der Waals surface area contributed by atoms with Crippen LogP contribution in [0.5, 0.6) is 0 Å². The third kappa shape index (κ3) is 6.35. The van der Waals surface area contributed by atoms with E-state index in [1.54, 1.807) is 0 Å². The van der Waals surface area contributed by atoms with Crippen LogP contribution in [-0.4, -0.2) is 54.4 Å². The first kappa shape index (κ1) is 23.3. The topological polar surface area (TPSA) is 60.0 Å². The average molecular weight is 448 g/mol. The fourth-order valence-electron chi connectivity index (χ4n) is 4.88. The first-order valence-electron chi connectivity index (χ1n) is 12.2. The van der Waals surface area contributed by atoms with Gasteiger partial charge in [-0.2, -0.15) is 0 Å². The van der Waals surface area contributed by atoms with E-state index < -0.39 is 0 Å². The molecule has 2 aromatic carbocycles. The fraction of sp³-hybridized carbons (Fsp3) is 0.481. The van der Waals surface area contributed by atoms with Crippen LogP contribution < -0.4 is 10.6 Å². The minimum atomic E-state index is 0.271.